The monoisotopic (exact) mass is 299 g/mol. The second kappa shape index (κ2) is 7.45. The van der Waals surface area contributed by atoms with E-state index in [1.807, 2.05) is 19.1 Å². The quantitative estimate of drug-likeness (QED) is 0.794. The van der Waals surface area contributed by atoms with Crippen LogP contribution in [0, 0.1) is 6.92 Å². The molecule has 0 fully saturated rings. The topological polar surface area (TPSA) is 49.3 Å². The standard InChI is InChI=1S/C13H18BrNO2/c1-10-6-5-7-11(12(10)14)13(17)15-8-3-2-4-9-16/h5-7,16H,2-4,8-9H2,1H3,(H,15,17). The van der Waals surface area contributed by atoms with Crippen LogP contribution in [-0.2, 0) is 0 Å². The fraction of sp³-hybridized carbons (Fsp3) is 0.462. The fourth-order valence-corrected chi connectivity index (χ4v) is 1.98. The number of halogens is 1. The smallest absolute Gasteiger partial charge is 0.252 e. The van der Waals surface area contributed by atoms with Gasteiger partial charge in [-0.25, -0.2) is 0 Å². The normalized spacial score (nSPS) is 10.3. The number of benzene rings is 1. The molecular formula is C13H18BrNO2. The van der Waals surface area contributed by atoms with E-state index in [9.17, 15) is 4.79 Å². The summed E-state index contributed by atoms with van der Waals surface area (Å²) < 4.78 is 0.854. The Bertz CT molecular complexity index is 380. The highest BCUT2D eigenvalue weighted by Crippen LogP contribution is 2.20. The molecule has 0 saturated carbocycles. The van der Waals surface area contributed by atoms with Crippen molar-refractivity contribution in [3.8, 4) is 0 Å². The molecule has 4 heteroatoms. The van der Waals surface area contributed by atoms with Gasteiger partial charge in [-0.3, -0.25) is 4.79 Å². The summed E-state index contributed by atoms with van der Waals surface area (Å²) in [5.74, 6) is -0.0513. The van der Waals surface area contributed by atoms with E-state index in [0.717, 1.165) is 29.3 Å². The third-order valence-electron chi connectivity index (χ3n) is 2.56. The van der Waals surface area contributed by atoms with Crippen LogP contribution in [0.5, 0.6) is 0 Å². The number of hydrogen-bond donors (Lipinski definition) is 2. The van der Waals surface area contributed by atoms with E-state index in [2.05, 4.69) is 21.2 Å². The molecular weight excluding hydrogens is 282 g/mol. The average molecular weight is 300 g/mol. The average Bonchev–Trinajstić information content (AvgIpc) is 2.32. The first-order valence-electron chi connectivity index (χ1n) is 5.81. The summed E-state index contributed by atoms with van der Waals surface area (Å²) in [5.41, 5.74) is 1.73. The van der Waals surface area contributed by atoms with Gasteiger partial charge in [0.15, 0.2) is 0 Å². The number of aliphatic hydroxyl groups excluding tert-OH is 1. The van der Waals surface area contributed by atoms with E-state index in [4.69, 9.17) is 5.11 Å². The van der Waals surface area contributed by atoms with Gasteiger partial charge < -0.3 is 10.4 Å². The minimum absolute atomic E-state index is 0.0513. The van der Waals surface area contributed by atoms with Crippen molar-refractivity contribution in [2.45, 2.75) is 26.2 Å². The number of aryl methyl sites for hydroxylation is 1. The lowest BCUT2D eigenvalue weighted by atomic mass is 10.1. The molecule has 0 heterocycles. The van der Waals surface area contributed by atoms with E-state index in [1.165, 1.54) is 0 Å². The number of amides is 1. The molecule has 0 aliphatic rings. The molecule has 1 rings (SSSR count). The van der Waals surface area contributed by atoms with Crippen LogP contribution in [0.3, 0.4) is 0 Å². The molecule has 2 N–H and O–H groups in total. The Hall–Kier alpha value is -0.870. The van der Waals surface area contributed by atoms with Crippen molar-refractivity contribution in [3.63, 3.8) is 0 Å². The van der Waals surface area contributed by atoms with Crippen molar-refractivity contribution >= 4 is 21.8 Å². The Labute approximate surface area is 110 Å². The number of aliphatic hydroxyl groups is 1. The second-order valence-corrected chi connectivity index (χ2v) is 4.77. The molecule has 3 nitrogen and oxygen atoms in total. The van der Waals surface area contributed by atoms with Gasteiger partial charge in [0.2, 0.25) is 0 Å². The fourth-order valence-electron chi connectivity index (χ4n) is 1.53. The van der Waals surface area contributed by atoms with Gasteiger partial charge in [-0.15, -0.1) is 0 Å². The van der Waals surface area contributed by atoms with Crippen molar-refractivity contribution in [1.82, 2.24) is 5.32 Å². The molecule has 94 valence electrons. The summed E-state index contributed by atoms with van der Waals surface area (Å²) in [6.45, 7) is 2.83. The molecule has 17 heavy (non-hydrogen) atoms. The van der Waals surface area contributed by atoms with Crippen molar-refractivity contribution in [2.75, 3.05) is 13.2 Å². The highest BCUT2D eigenvalue weighted by molar-refractivity contribution is 9.10. The lowest BCUT2D eigenvalue weighted by molar-refractivity contribution is 0.0952. The van der Waals surface area contributed by atoms with E-state index < -0.39 is 0 Å². The molecule has 0 aliphatic carbocycles. The van der Waals surface area contributed by atoms with Crippen LogP contribution >= 0.6 is 15.9 Å². The summed E-state index contributed by atoms with van der Waals surface area (Å²) in [6, 6.07) is 5.64. The molecule has 1 aromatic carbocycles. The van der Waals surface area contributed by atoms with Crippen molar-refractivity contribution in [2.24, 2.45) is 0 Å². The highest BCUT2D eigenvalue weighted by Gasteiger charge is 2.10. The van der Waals surface area contributed by atoms with Crippen molar-refractivity contribution < 1.29 is 9.90 Å². The molecule has 0 atom stereocenters. The molecule has 1 aromatic rings. The van der Waals surface area contributed by atoms with E-state index >= 15 is 0 Å². The Balaban J connectivity index is 2.44. The number of unbranched alkanes of at least 4 members (excludes halogenated alkanes) is 2. The minimum atomic E-state index is -0.0513. The molecule has 0 unspecified atom stereocenters. The number of rotatable bonds is 6. The summed E-state index contributed by atoms with van der Waals surface area (Å²) in [4.78, 5) is 11.9. The zero-order chi connectivity index (χ0) is 12.7. The maximum atomic E-state index is 11.9. The number of carbonyl (C=O) groups is 1. The minimum Gasteiger partial charge on any atom is -0.396 e. The summed E-state index contributed by atoms with van der Waals surface area (Å²) >= 11 is 3.42. The third-order valence-corrected chi connectivity index (χ3v) is 3.61. The number of nitrogens with one attached hydrogen (secondary N) is 1. The number of carbonyl (C=O) groups excluding carboxylic acids is 1. The second-order valence-electron chi connectivity index (χ2n) is 3.98. The van der Waals surface area contributed by atoms with Crippen LogP contribution in [0.1, 0.15) is 35.2 Å². The van der Waals surface area contributed by atoms with Gasteiger partial charge in [0, 0.05) is 17.6 Å². The van der Waals surface area contributed by atoms with Gasteiger partial charge in [-0.2, -0.15) is 0 Å². The first-order chi connectivity index (χ1) is 8.16. The van der Waals surface area contributed by atoms with Gasteiger partial charge in [0.1, 0.15) is 0 Å². The van der Waals surface area contributed by atoms with E-state index in [0.29, 0.717) is 12.1 Å². The third kappa shape index (κ3) is 4.48. The molecule has 0 saturated heterocycles. The molecule has 0 bridgehead atoms. The Morgan fingerprint density at radius 3 is 2.82 bits per heavy atom. The predicted molar refractivity (Wildman–Crippen MR) is 72.1 cm³/mol. The van der Waals surface area contributed by atoms with Crippen LogP contribution in [0.2, 0.25) is 0 Å². The lowest BCUT2D eigenvalue weighted by Gasteiger charge is -2.08. The molecule has 0 spiro atoms. The van der Waals surface area contributed by atoms with Crippen LogP contribution < -0.4 is 5.32 Å². The van der Waals surface area contributed by atoms with Gasteiger partial charge in [-0.05, 0) is 53.7 Å². The van der Waals surface area contributed by atoms with Gasteiger partial charge in [-0.1, -0.05) is 12.1 Å². The highest BCUT2D eigenvalue weighted by atomic mass is 79.9. The molecule has 0 aliphatic heterocycles. The first-order valence-corrected chi connectivity index (χ1v) is 6.60. The molecule has 0 radical (unpaired) electrons. The largest absolute Gasteiger partial charge is 0.396 e. The number of hydrogen-bond acceptors (Lipinski definition) is 2. The van der Waals surface area contributed by atoms with Crippen LogP contribution in [-0.4, -0.2) is 24.2 Å². The summed E-state index contributed by atoms with van der Waals surface area (Å²) in [6.07, 6.45) is 2.63. The van der Waals surface area contributed by atoms with E-state index in [1.54, 1.807) is 6.07 Å². The zero-order valence-corrected chi connectivity index (χ0v) is 11.6. The summed E-state index contributed by atoms with van der Waals surface area (Å²) in [5, 5.41) is 11.5. The molecule has 0 aromatic heterocycles. The van der Waals surface area contributed by atoms with Crippen LogP contribution in [0.4, 0.5) is 0 Å². The Morgan fingerprint density at radius 2 is 2.12 bits per heavy atom. The van der Waals surface area contributed by atoms with Crippen molar-refractivity contribution in [3.05, 3.63) is 33.8 Å². The van der Waals surface area contributed by atoms with Crippen LogP contribution in [0.15, 0.2) is 22.7 Å². The zero-order valence-electron chi connectivity index (χ0n) is 10.0. The Morgan fingerprint density at radius 1 is 1.35 bits per heavy atom. The predicted octanol–water partition coefficient (Wildman–Crippen LogP) is 2.65. The maximum absolute atomic E-state index is 11.9. The van der Waals surface area contributed by atoms with E-state index in [-0.39, 0.29) is 12.5 Å². The maximum Gasteiger partial charge on any atom is 0.252 e. The molecule has 1 amide bonds. The van der Waals surface area contributed by atoms with Gasteiger partial charge in [0.05, 0.1) is 5.56 Å². The summed E-state index contributed by atoms with van der Waals surface area (Å²) in [7, 11) is 0. The Kier molecular flexibility index (Phi) is 6.22. The van der Waals surface area contributed by atoms with Gasteiger partial charge >= 0.3 is 0 Å². The van der Waals surface area contributed by atoms with Gasteiger partial charge in [0.25, 0.3) is 5.91 Å². The SMILES string of the molecule is Cc1cccc(C(=O)NCCCCCO)c1Br. The first kappa shape index (κ1) is 14.2. The lowest BCUT2D eigenvalue weighted by Crippen LogP contribution is -2.24. The van der Waals surface area contributed by atoms with Crippen LogP contribution in [0.25, 0.3) is 0 Å². The van der Waals surface area contributed by atoms with Crippen molar-refractivity contribution in [1.29, 1.82) is 0 Å².